The molecule has 24 heavy (non-hydrogen) atoms. The number of benzene rings is 1. The normalized spacial score (nSPS) is 14.7. The van der Waals surface area contributed by atoms with E-state index in [1.165, 1.54) is 62.5 Å². The lowest BCUT2D eigenvalue weighted by Gasteiger charge is -2.29. The van der Waals surface area contributed by atoms with Gasteiger partial charge in [0, 0.05) is 0 Å². The SMILES string of the molecule is CC/C=C(/C)CCC(C)(CC)Cc1ccc(CCCCC)cc1C. The van der Waals surface area contributed by atoms with Crippen LogP contribution < -0.4 is 0 Å². The van der Waals surface area contributed by atoms with Gasteiger partial charge in [0.05, 0.1) is 0 Å². The fourth-order valence-corrected chi connectivity index (χ4v) is 3.49. The minimum atomic E-state index is 0.414. The lowest BCUT2D eigenvalue weighted by molar-refractivity contribution is 0.281. The zero-order valence-electron chi connectivity index (χ0n) is 17.2. The summed E-state index contributed by atoms with van der Waals surface area (Å²) in [4.78, 5) is 0. The van der Waals surface area contributed by atoms with Gasteiger partial charge in [0.15, 0.2) is 0 Å². The van der Waals surface area contributed by atoms with Gasteiger partial charge < -0.3 is 0 Å². The average molecular weight is 329 g/mol. The van der Waals surface area contributed by atoms with Crippen molar-refractivity contribution < 1.29 is 0 Å². The largest absolute Gasteiger partial charge is 0.0859 e. The summed E-state index contributed by atoms with van der Waals surface area (Å²) in [6.07, 6.45) is 13.8. The lowest BCUT2D eigenvalue weighted by Crippen LogP contribution is -2.19. The fourth-order valence-electron chi connectivity index (χ4n) is 3.49. The van der Waals surface area contributed by atoms with Crippen molar-refractivity contribution in [1.29, 1.82) is 0 Å². The Morgan fingerprint density at radius 3 is 2.46 bits per heavy atom. The third-order valence-electron chi connectivity index (χ3n) is 5.62. The molecular weight excluding hydrogens is 288 g/mol. The Bertz CT molecular complexity index is 509. The van der Waals surface area contributed by atoms with Gasteiger partial charge in [-0.2, -0.15) is 0 Å². The van der Waals surface area contributed by atoms with Gasteiger partial charge in [-0.1, -0.05) is 76.8 Å². The highest BCUT2D eigenvalue weighted by Gasteiger charge is 2.23. The number of hydrogen-bond donors (Lipinski definition) is 0. The smallest absolute Gasteiger partial charge is 0.0222 e. The van der Waals surface area contributed by atoms with E-state index in [2.05, 4.69) is 65.8 Å². The third-order valence-corrected chi connectivity index (χ3v) is 5.62. The summed E-state index contributed by atoms with van der Waals surface area (Å²) in [5.74, 6) is 0. The highest BCUT2D eigenvalue weighted by atomic mass is 14.3. The van der Waals surface area contributed by atoms with E-state index in [1.54, 1.807) is 11.1 Å². The average Bonchev–Trinajstić information content (AvgIpc) is 2.56. The highest BCUT2D eigenvalue weighted by Crippen LogP contribution is 2.34. The Labute approximate surface area is 151 Å². The molecule has 0 radical (unpaired) electrons. The molecule has 1 aromatic carbocycles. The van der Waals surface area contributed by atoms with Crippen molar-refractivity contribution in [3.63, 3.8) is 0 Å². The second kappa shape index (κ2) is 10.7. The molecule has 0 aliphatic carbocycles. The van der Waals surface area contributed by atoms with Gasteiger partial charge in [-0.25, -0.2) is 0 Å². The van der Waals surface area contributed by atoms with E-state index in [4.69, 9.17) is 0 Å². The Hall–Kier alpha value is -1.04. The summed E-state index contributed by atoms with van der Waals surface area (Å²) < 4.78 is 0. The maximum absolute atomic E-state index is 2.47. The van der Waals surface area contributed by atoms with Gasteiger partial charge in [-0.05, 0) is 74.5 Å². The molecule has 0 spiro atoms. The summed E-state index contributed by atoms with van der Waals surface area (Å²) in [6, 6.07) is 7.21. The van der Waals surface area contributed by atoms with Crippen LogP contribution in [0.2, 0.25) is 0 Å². The topological polar surface area (TPSA) is 0 Å². The maximum atomic E-state index is 2.47. The Morgan fingerprint density at radius 2 is 1.88 bits per heavy atom. The van der Waals surface area contributed by atoms with Gasteiger partial charge in [-0.15, -0.1) is 0 Å². The predicted octanol–water partition coefficient (Wildman–Crippen LogP) is 7.82. The van der Waals surface area contributed by atoms with E-state index in [-0.39, 0.29) is 0 Å². The van der Waals surface area contributed by atoms with E-state index < -0.39 is 0 Å². The predicted molar refractivity (Wildman–Crippen MR) is 110 cm³/mol. The number of aryl methyl sites for hydroxylation is 2. The molecule has 0 N–H and O–H groups in total. The van der Waals surface area contributed by atoms with Gasteiger partial charge in [0.2, 0.25) is 0 Å². The molecule has 136 valence electrons. The first-order chi connectivity index (χ1) is 11.4. The number of rotatable bonds is 11. The quantitative estimate of drug-likeness (QED) is 0.287. The molecule has 0 saturated heterocycles. The molecule has 1 aromatic rings. The number of hydrogen-bond acceptors (Lipinski definition) is 0. The molecule has 1 atom stereocenters. The zero-order chi connectivity index (χ0) is 18.0. The monoisotopic (exact) mass is 328 g/mol. The zero-order valence-corrected chi connectivity index (χ0v) is 17.2. The molecule has 0 saturated carbocycles. The minimum Gasteiger partial charge on any atom is -0.0859 e. The van der Waals surface area contributed by atoms with Crippen LogP contribution in [0.5, 0.6) is 0 Å². The van der Waals surface area contributed by atoms with E-state index in [0.717, 1.165) is 6.42 Å². The van der Waals surface area contributed by atoms with Gasteiger partial charge >= 0.3 is 0 Å². The minimum absolute atomic E-state index is 0.414. The van der Waals surface area contributed by atoms with Crippen molar-refractivity contribution in [3.8, 4) is 0 Å². The highest BCUT2D eigenvalue weighted by molar-refractivity contribution is 5.32. The molecule has 0 aromatic heterocycles. The Balaban J connectivity index is 2.72. The standard InChI is InChI=1S/C24H40/c1-7-10-11-13-22-14-15-23(21(5)18-22)19-24(6,9-3)17-16-20(4)12-8-2/h12,14-15,18H,7-11,13,16-17,19H2,1-6H3/b20-12-. The molecule has 0 fully saturated rings. The van der Waals surface area contributed by atoms with Crippen LogP contribution in [0, 0.1) is 12.3 Å². The summed E-state index contributed by atoms with van der Waals surface area (Å²) in [6.45, 7) is 13.9. The molecule has 0 heterocycles. The van der Waals surface area contributed by atoms with Crippen LogP contribution >= 0.6 is 0 Å². The number of unbranched alkanes of at least 4 members (excludes halogenated alkanes) is 2. The fraction of sp³-hybridized carbons (Fsp3) is 0.667. The first-order valence-corrected chi connectivity index (χ1v) is 10.2. The van der Waals surface area contributed by atoms with Crippen LogP contribution in [0.3, 0.4) is 0 Å². The van der Waals surface area contributed by atoms with E-state index in [9.17, 15) is 0 Å². The van der Waals surface area contributed by atoms with Crippen LogP contribution in [0.4, 0.5) is 0 Å². The molecule has 1 rings (SSSR count). The summed E-state index contributed by atoms with van der Waals surface area (Å²) in [5.41, 5.74) is 6.53. The number of allylic oxidation sites excluding steroid dienone is 2. The first-order valence-electron chi connectivity index (χ1n) is 10.2. The van der Waals surface area contributed by atoms with Crippen molar-refractivity contribution in [3.05, 3.63) is 46.5 Å². The van der Waals surface area contributed by atoms with Crippen LogP contribution in [0.1, 0.15) is 96.3 Å². The molecular formula is C24H40. The molecule has 0 amide bonds. The van der Waals surface area contributed by atoms with Crippen molar-refractivity contribution in [2.24, 2.45) is 5.41 Å². The lowest BCUT2D eigenvalue weighted by atomic mass is 9.76. The van der Waals surface area contributed by atoms with Crippen molar-refractivity contribution in [2.75, 3.05) is 0 Å². The van der Waals surface area contributed by atoms with Crippen LogP contribution in [-0.4, -0.2) is 0 Å². The van der Waals surface area contributed by atoms with E-state index >= 15 is 0 Å². The summed E-state index contributed by atoms with van der Waals surface area (Å²) >= 11 is 0. The summed E-state index contributed by atoms with van der Waals surface area (Å²) in [7, 11) is 0. The first kappa shape index (κ1) is 21.0. The maximum Gasteiger partial charge on any atom is -0.0222 e. The molecule has 0 bridgehead atoms. The molecule has 1 unspecified atom stereocenters. The van der Waals surface area contributed by atoms with Crippen LogP contribution in [0.25, 0.3) is 0 Å². The van der Waals surface area contributed by atoms with Crippen LogP contribution in [0.15, 0.2) is 29.8 Å². The van der Waals surface area contributed by atoms with E-state index in [0.29, 0.717) is 5.41 Å². The van der Waals surface area contributed by atoms with E-state index in [1.807, 2.05) is 0 Å². The van der Waals surface area contributed by atoms with Gasteiger partial charge in [0.25, 0.3) is 0 Å². The Morgan fingerprint density at radius 1 is 1.12 bits per heavy atom. The third kappa shape index (κ3) is 7.24. The van der Waals surface area contributed by atoms with Crippen LogP contribution in [-0.2, 0) is 12.8 Å². The Kier molecular flexibility index (Phi) is 9.41. The van der Waals surface area contributed by atoms with Crippen molar-refractivity contribution >= 4 is 0 Å². The second-order valence-electron chi connectivity index (χ2n) is 8.02. The molecule has 0 heteroatoms. The van der Waals surface area contributed by atoms with Crippen molar-refractivity contribution in [2.45, 2.75) is 99.3 Å². The van der Waals surface area contributed by atoms with Crippen molar-refractivity contribution in [1.82, 2.24) is 0 Å². The van der Waals surface area contributed by atoms with Gasteiger partial charge in [-0.3, -0.25) is 0 Å². The second-order valence-corrected chi connectivity index (χ2v) is 8.02. The molecule has 0 nitrogen and oxygen atoms in total. The summed E-state index contributed by atoms with van der Waals surface area (Å²) in [5, 5.41) is 0. The molecule has 0 aliphatic rings. The van der Waals surface area contributed by atoms with Gasteiger partial charge in [0.1, 0.15) is 0 Å². The molecule has 0 aliphatic heterocycles.